The highest BCUT2D eigenvalue weighted by atomic mass is 32.2. The summed E-state index contributed by atoms with van der Waals surface area (Å²) in [5.74, 6) is 0.487. The van der Waals surface area contributed by atoms with Gasteiger partial charge in [0.2, 0.25) is 10.0 Å². The Bertz CT molecular complexity index is 2260. The maximum absolute atomic E-state index is 14.2. The van der Waals surface area contributed by atoms with Crippen LogP contribution in [0, 0.1) is 20.2 Å². The summed E-state index contributed by atoms with van der Waals surface area (Å²) in [7, 11) is -9.01. The van der Waals surface area contributed by atoms with Gasteiger partial charge in [-0.25, -0.2) is 26.3 Å². The second-order valence-electron chi connectivity index (χ2n) is 10.8. The van der Waals surface area contributed by atoms with Crippen LogP contribution in [0.3, 0.4) is 0 Å². The van der Waals surface area contributed by atoms with Crippen LogP contribution in [-0.2, 0) is 20.0 Å². The maximum atomic E-state index is 14.2. The summed E-state index contributed by atoms with van der Waals surface area (Å²) in [5, 5.41) is 31.2. The lowest BCUT2D eigenvalue weighted by molar-refractivity contribution is -0.388. The zero-order valence-electron chi connectivity index (χ0n) is 25.1. The molecule has 4 bridgehead atoms. The summed E-state index contributed by atoms with van der Waals surface area (Å²) in [6.07, 6.45) is 3.50. The summed E-state index contributed by atoms with van der Waals surface area (Å²) in [6, 6.07) is 18.2. The Hall–Kier alpha value is -5.46. The van der Waals surface area contributed by atoms with Gasteiger partial charge in [-0.2, -0.15) is 9.40 Å². The van der Waals surface area contributed by atoms with Crippen LogP contribution in [0.5, 0.6) is 0 Å². The van der Waals surface area contributed by atoms with Crippen molar-refractivity contribution < 1.29 is 26.7 Å². The first kappa shape index (κ1) is 32.5. The Morgan fingerprint density at radius 1 is 0.750 bits per heavy atom. The minimum atomic E-state index is -4.58. The number of aromatic nitrogens is 3. The number of para-hydroxylation sites is 2. The Balaban J connectivity index is 1.47. The molecular formula is C30H28N8O8S2. The van der Waals surface area contributed by atoms with Gasteiger partial charge in [-0.3, -0.25) is 24.5 Å². The molecule has 0 spiro atoms. The SMILES string of the molecule is O=[N+]([O-])c1ccccc1S(=O)(=O)N1CCCNc2ccn3ncc(c3n2)-c2cccc(c2)N(S(=O)(=O)c2ccccc2[N+](=O)[O-])CCC1. The average Bonchev–Trinajstić information content (AvgIpc) is 3.50. The number of hydrogen-bond donors (Lipinski definition) is 1. The standard InChI is InChI=1S/C30H28N8O8S2/c39-37(40)25-10-1-3-12-27(25)47(43,44)34-16-6-15-31-29-14-19-35-30(33-29)24(21-32-35)22-8-5-9-23(20-22)36(18-7-17-34)48(45,46)28-13-4-2-11-26(28)38(41)42/h1-5,8-14,19-21H,6-7,15-18H2,(H,31,33). The molecule has 0 radical (unpaired) electrons. The molecule has 18 heteroatoms. The van der Waals surface area contributed by atoms with Crippen LogP contribution < -0.4 is 9.62 Å². The third kappa shape index (κ3) is 6.15. The molecule has 0 fully saturated rings. The average molecular weight is 693 g/mol. The molecule has 5 aromatic rings. The fraction of sp³-hybridized carbons (Fsp3) is 0.200. The van der Waals surface area contributed by atoms with E-state index in [1.807, 2.05) is 0 Å². The van der Waals surface area contributed by atoms with Gasteiger partial charge in [-0.05, 0) is 48.7 Å². The van der Waals surface area contributed by atoms with Gasteiger partial charge < -0.3 is 5.32 Å². The summed E-state index contributed by atoms with van der Waals surface area (Å²) < 4.78 is 59.9. The fourth-order valence-electron chi connectivity index (χ4n) is 5.51. The molecule has 16 nitrogen and oxygen atoms in total. The van der Waals surface area contributed by atoms with E-state index in [1.54, 1.807) is 41.2 Å². The fourth-order valence-corrected chi connectivity index (χ4v) is 8.84. The zero-order chi connectivity index (χ0) is 34.1. The molecule has 0 atom stereocenters. The number of hydrogen-bond acceptors (Lipinski definition) is 11. The third-order valence-corrected chi connectivity index (χ3v) is 11.6. The summed E-state index contributed by atoms with van der Waals surface area (Å²) >= 11 is 0. The monoisotopic (exact) mass is 692 g/mol. The van der Waals surface area contributed by atoms with E-state index < -0.39 is 51.1 Å². The van der Waals surface area contributed by atoms with Gasteiger partial charge in [0.25, 0.3) is 21.4 Å². The number of nitrogens with zero attached hydrogens (tertiary/aromatic N) is 7. The lowest BCUT2D eigenvalue weighted by atomic mass is 10.1. The van der Waals surface area contributed by atoms with Crippen molar-refractivity contribution in [3.05, 3.63) is 111 Å². The maximum Gasteiger partial charge on any atom is 0.289 e. The van der Waals surface area contributed by atoms with Gasteiger partial charge in [-0.1, -0.05) is 36.4 Å². The van der Waals surface area contributed by atoms with Crippen molar-refractivity contribution in [3.8, 4) is 11.1 Å². The zero-order valence-corrected chi connectivity index (χ0v) is 26.7. The van der Waals surface area contributed by atoms with E-state index in [0.717, 1.165) is 32.9 Å². The highest BCUT2D eigenvalue weighted by Crippen LogP contribution is 2.34. The lowest BCUT2D eigenvalue weighted by Gasteiger charge is -2.27. The first-order valence-electron chi connectivity index (χ1n) is 14.7. The van der Waals surface area contributed by atoms with Gasteiger partial charge in [0.05, 0.1) is 21.7 Å². The molecule has 248 valence electrons. The van der Waals surface area contributed by atoms with Gasteiger partial charge in [0.1, 0.15) is 5.82 Å². The van der Waals surface area contributed by atoms with Gasteiger partial charge in [0.15, 0.2) is 15.4 Å². The quantitative estimate of drug-likeness (QED) is 0.196. The summed E-state index contributed by atoms with van der Waals surface area (Å²) in [4.78, 5) is 25.7. The Kier molecular flexibility index (Phi) is 8.78. The molecule has 0 amide bonds. The van der Waals surface area contributed by atoms with Crippen LogP contribution in [-0.4, -0.2) is 71.8 Å². The molecule has 3 heterocycles. The predicted octanol–water partition coefficient (Wildman–Crippen LogP) is 4.30. The van der Waals surface area contributed by atoms with E-state index in [9.17, 15) is 37.1 Å². The number of nitro benzene ring substituents is 2. The normalized spacial score (nSPS) is 14.9. The topological polar surface area (TPSA) is 203 Å². The first-order chi connectivity index (χ1) is 23.0. The number of benzene rings is 3. The smallest absolute Gasteiger partial charge is 0.289 e. The van der Waals surface area contributed by atoms with Crippen molar-refractivity contribution in [2.24, 2.45) is 0 Å². The molecule has 0 saturated heterocycles. The molecule has 0 aliphatic carbocycles. The summed E-state index contributed by atoms with van der Waals surface area (Å²) in [5.41, 5.74) is 0.611. The second kappa shape index (κ2) is 13.0. The third-order valence-electron chi connectivity index (χ3n) is 7.78. The van der Waals surface area contributed by atoms with Gasteiger partial charge in [0, 0.05) is 50.1 Å². The number of nitrogens with one attached hydrogen (secondary N) is 1. The van der Waals surface area contributed by atoms with Crippen LogP contribution >= 0.6 is 0 Å². The molecule has 1 aliphatic rings. The van der Waals surface area contributed by atoms with Crippen molar-refractivity contribution in [2.75, 3.05) is 35.8 Å². The molecule has 6 rings (SSSR count). The predicted molar refractivity (Wildman–Crippen MR) is 176 cm³/mol. The molecule has 0 saturated carbocycles. The van der Waals surface area contributed by atoms with Gasteiger partial charge >= 0.3 is 0 Å². The van der Waals surface area contributed by atoms with E-state index in [-0.39, 0.29) is 38.2 Å². The van der Waals surface area contributed by atoms with Crippen LogP contribution in [0.2, 0.25) is 0 Å². The molecule has 48 heavy (non-hydrogen) atoms. The van der Waals surface area contributed by atoms with E-state index in [4.69, 9.17) is 0 Å². The number of anilines is 2. The molecule has 1 aliphatic heterocycles. The number of sulfonamides is 2. The van der Waals surface area contributed by atoms with Crippen LogP contribution in [0.15, 0.2) is 101 Å². The highest BCUT2D eigenvalue weighted by molar-refractivity contribution is 7.93. The number of nitro groups is 2. The second-order valence-corrected chi connectivity index (χ2v) is 14.5. The van der Waals surface area contributed by atoms with Crippen LogP contribution in [0.4, 0.5) is 22.9 Å². The summed E-state index contributed by atoms with van der Waals surface area (Å²) in [6.45, 7) is -0.262. The van der Waals surface area contributed by atoms with Crippen molar-refractivity contribution in [2.45, 2.75) is 22.6 Å². The van der Waals surface area contributed by atoms with Crippen molar-refractivity contribution in [1.82, 2.24) is 18.9 Å². The molecule has 3 aromatic carbocycles. The molecular weight excluding hydrogens is 665 g/mol. The Morgan fingerprint density at radius 2 is 1.40 bits per heavy atom. The number of rotatable bonds is 6. The van der Waals surface area contributed by atoms with E-state index in [1.165, 1.54) is 30.3 Å². The van der Waals surface area contributed by atoms with Gasteiger partial charge in [-0.15, -0.1) is 0 Å². The van der Waals surface area contributed by atoms with Crippen molar-refractivity contribution in [1.29, 1.82) is 0 Å². The molecule has 1 N–H and O–H groups in total. The van der Waals surface area contributed by atoms with E-state index >= 15 is 0 Å². The lowest BCUT2D eigenvalue weighted by Crippen LogP contribution is -2.38. The van der Waals surface area contributed by atoms with E-state index in [2.05, 4.69) is 15.4 Å². The van der Waals surface area contributed by atoms with E-state index in [0.29, 0.717) is 29.1 Å². The Morgan fingerprint density at radius 3 is 2.08 bits per heavy atom. The molecule has 2 aromatic heterocycles. The minimum absolute atomic E-state index is 0.0595. The number of fused-ring (bicyclic) bond motifs is 4. The van der Waals surface area contributed by atoms with Crippen LogP contribution in [0.1, 0.15) is 12.8 Å². The highest BCUT2D eigenvalue weighted by Gasteiger charge is 2.34. The van der Waals surface area contributed by atoms with Crippen LogP contribution in [0.25, 0.3) is 16.8 Å². The minimum Gasteiger partial charge on any atom is -0.370 e. The largest absolute Gasteiger partial charge is 0.370 e. The Labute approximate surface area is 274 Å². The van der Waals surface area contributed by atoms with Crippen molar-refractivity contribution in [3.63, 3.8) is 0 Å². The molecule has 0 unspecified atom stereocenters. The first-order valence-corrected chi connectivity index (χ1v) is 17.5. The van der Waals surface area contributed by atoms with Crippen molar-refractivity contribution >= 4 is 48.6 Å².